The molecule has 0 fully saturated rings. The molecule has 7 nitrogen and oxygen atoms in total. The van der Waals surface area contributed by atoms with Gasteiger partial charge in [0.25, 0.3) is 5.91 Å². The number of nitrogens with two attached hydrogens (primary N) is 1. The fourth-order valence-corrected chi connectivity index (χ4v) is 3.51. The Hall–Kier alpha value is -2.86. The largest absolute Gasteiger partial charge is 0.490 e. The van der Waals surface area contributed by atoms with E-state index in [-0.39, 0.29) is 0 Å². The quantitative estimate of drug-likeness (QED) is 0.516. The van der Waals surface area contributed by atoms with E-state index >= 15 is 0 Å². The highest BCUT2D eigenvalue weighted by molar-refractivity contribution is 8.00. The highest BCUT2D eigenvalue weighted by Gasteiger charge is 2.38. The molecule has 0 spiro atoms. The van der Waals surface area contributed by atoms with Crippen LogP contribution in [-0.4, -0.2) is 39.4 Å². The van der Waals surface area contributed by atoms with Crippen LogP contribution in [0.25, 0.3) is 10.3 Å². The Bertz CT molecular complexity index is 1050. The van der Waals surface area contributed by atoms with E-state index in [0.717, 1.165) is 20.4 Å². The fourth-order valence-electron chi connectivity index (χ4n) is 2.11. The first-order valence-corrected chi connectivity index (χ1v) is 9.84. The molecular weight excluding hydrogens is 429 g/mol. The number of primary amides is 1. The van der Waals surface area contributed by atoms with Crippen LogP contribution in [0, 0.1) is 6.92 Å². The van der Waals surface area contributed by atoms with Crippen molar-refractivity contribution < 1.29 is 27.9 Å². The summed E-state index contributed by atoms with van der Waals surface area (Å²) in [7, 11) is 0. The Morgan fingerprint density at radius 3 is 2.41 bits per heavy atom. The number of nitrogens with zero attached hydrogens (tertiary/aromatic N) is 2. The van der Waals surface area contributed by atoms with Gasteiger partial charge in [-0.3, -0.25) is 4.79 Å². The van der Waals surface area contributed by atoms with Crippen molar-refractivity contribution in [1.82, 2.24) is 9.97 Å². The van der Waals surface area contributed by atoms with Crippen LogP contribution in [0.4, 0.5) is 24.5 Å². The Morgan fingerprint density at radius 1 is 1.28 bits per heavy atom. The average molecular weight is 444 g/mol. The highest BCUT2D eigenvalue weighted by atomic mass is 32.2. The van der Waals surface area contributed by atoms with Crippen LogP contribution in [0.5, 0.6) is 0 Å². The van der Waals surface area contributed by atoms with Gasteiger partial charge in [-0.05, 0) is 24.8 Å². The smallest absolute Gasteiger partial charge is 0.475 e. The number of hydrogen-bond donors (Lipinski definition) is 3. The third-order valence-electron chi connectivity index (χ3n) is 3.49. The molecule has 0 unspecified atom stereocenters. The molecule has 0 atom stereocenters. The van der Waals surface area contributed by atoms with Crippen LogP contribution >= 0.6 is 23.1 Å². The second-order valence-corrected chi connectivity index (χ2v) is 7.52. The zero-order chi connectivity index (χ0) is 21.8. The van der Waals surface area contributed by atoms with E-state index in [2.05, 4.69) is 15.3 Å². The number of aryl methyl sites for hydroxylation is 1. The third-order valence-corrected chi connectivity index (χ3v) is 5.44. The predicted octanol–water partition coefficient (Wildman–Crippen LogP) is 4.20. The number of amides is 1. The molecule has 0 radical (unpaired) electrons. The molecule has 1 aromatic carbocycles. The number of thioether (sulfide) groups is 1. The first-order chi connectivity index (χ1) is 13.5. The van der Waals surface area contributed by atoms with Crippen molar-refractivity contribution in [2.24, 2.45) is 5.73 Å². The Labute approximate surface area is 171 Å². The number of benzene rings is 1. The molecule has 0 saturated heterocycles. The number of carbonyl (C=O) groups excluding carboxylic acids is 1. The van der Waals surface area contributed by atoms with Crippen molar-refractivity contribution in [3.8, 4) is 0 Å². The number of pyridine rings is 1. The lowest BCUT2D eigenvalue weighted by molar-refractivity contribution is -0.192. The van der Waals surface area contributed by atoms with E-state index in [1.807, 2.05) is 37.4 Å². The number of thiazole rings is 1. The number of alkyl halides is 3. The summed E-state index contributed by atoms with van der Waals surface area (Å²) in [6, 6.07) is 7.85. The number of nitrogens with one attached hydrogen (secondary N) is 1. The Balaban J connectivity index is 0.000000370. The van der Waals surface area contributed by atoms with E-state index in [9.17, 15) is 18.0 Å². The molecule has 2 heterocycles. The maximum Gasteiger partial charge on any atom is 0.490 e. The van der Waals surface area contributed by atoms with Crippen molar-refractivity contribution in [1.29, 1.82) is 0 Å². The lowest BCUT2D eigenvalue weighted by Gasteiger charge is -2.12. The van der Waals surface area contributed by atoms with Gasteiger partial charge in [-0.15, -0.1) is 0 Å². The maximum atomic E-state index is 11.7. The van der Waals surface area contributed by atoms with Crippen LogP contribution < -0.4 is 11.1 Å². The molecule has 12 heteroatoms. The number of rotatable bonds is 4. The average Bonchev–Trinajstić information content (AvgIpc) is 3.07. The van der Waals surface area contributed by atoms with Gasteiger partial charge in [0.2, 0.25) is 0 Å². The summed E-state index contributed by atoms with van der Waals surface area (Å²) in [6.07, 6.45) is -1.62. The minimum Gasteiger partial charge on any atom is -0.475 e. The molecule has 2 aromatic heterocycles. The van der Waals surface area contributed by atoms with Gasteiger partial charge in [-0.1, -0.05) is 41.3 Å². The van der Waals surface area contributed by atoms with Crippen LogP contribution in [0.2, 0.25) is 0 Å². The Morgan fingerprint density at radius 2 is 1.90 bits per heavy atom. The highest BCUT2D eigenvalue weighted by Crippen LogP contribution is 2.34. The molecule has 154 valence electrons. The molecule has 3 aromatic rings. The van der Waals surface area contributed by atoms with Gasteiger partial charge in [0.1, 0.15) is 10.3 Å². The molecule has 0 aliphatic rings. The maximum absolute atomic E-state index is 11.7. The number of hydrogen-bond acceptors (Lipinski definition) is 7. The molecule has 0 saturated carbocycles. The van der Waals surface area contributed by atoms with E-state index < -0.39 is 18.1 Å². The van der Waals surface area contributed by atoms with Gasteiger partial charge < -0.3 is 16.2 Å². The van der Waals surface area contributed by atoms with Gasteiger partial charge in [-0.2, -0.15) is 13.2 Å². The van der Waals surface area contributed by atoms with Crippen LogP contribution in [-0.2, 0) is 4.79 Å². The van der Waals surface area contributed by atoms with Gasteiger partial charge in [0.05, 0.1) is 11.3 Å². The molecule has 0 bridgehead atoms. The van der Waals surface area contributed by atoms with Gasteiger partial charge in [0.15, 0.2) is 4.34 Å². The molecule has 3 rings (SSSR count). The van der Waals surface area contributed by atoms with Crippen molar-refractivity contribution in [3.63, 3.8) is 0 Å². The minimum absolute atomic E-state index is 0.341. The SMILES string of the molecule is CSc1nc2c(Nc3ccccc3C)c(C(N)=O)cnc2s1.O=C(O)C(F)(F)F. The number of aromatic nitrogens is 2. The number of halogens is 3. The number of carboxylic acids is 1. The third kappa shape index (κ3) is 5.57. The standard InChI is InChI=1S/C15H14N4OS2.C2HF3O2/c1-8-5-3-4-6-10(8)18-11-9(13(16)20)7-17-14-12(11)19-15(21-2)22-14;3-2(4,5)1(6)7/h3-7H,1-2H3,(H2,16,20)(H,17,18);(H,6,7). The topological polar surface area (TPSA) is 118 Å². The Kier molecular flexibility index (Phi) is 7.03. The number of aliphatic carboxylic acids is 1. The first kappa shape index (κ1) is 22.4. The van der Waals surface area contributed by atoms with E-state index in [1.165, 1.54) is 17.5 Å². The lowest BCUT2D eigenvalue weighted by Crippen LogP contribution is -2.21. The fraction of sp³-hybridized carbons (Fsp3) is 0.176. The summed E-state index contributed by atoms with van der Waals surface area (Å²) in [5, 5.41) is 10.4. The van der Waals surface area contributed by atoms with Gasteiger partial charge in [-0.25, -0.2) is 14.8 Å². The zero-order valence-corrected chi connectivity index (χ0v) is 16.7. The zero-order valence-electron chi connectivity index (χ0n) is 15.1. The van der Waals surface area contributed by atoms with Crippen LogP contribution in [0.15, 0.2) is 34.8 Å². The summed E-state index contributed by atoms with van der Waals surface area (Å²) in [5.41, 5.74) is 9.10. The van der Waals surface area contributed by atoms with E-state index in [4.69, 9.17) is 15.6 Å². The minimum atomic E-state index is -5.08. The first-order valence-electron chi connectivity index (χ1n) is 7.80. The summed E-state index contributed by atoms with van der Waals surface area (Å²) < 4.78 is 32.6. The normalized spacial score (nSPS) is 10.9. The summed E-state index contributed by atoms with van der Waals surface area (Å²) in [5.74, 6) is -3.28. The molecular formula is C17H15F3N4O3S2. The summed E-state index contributed by atoms with van der Waals surface area (Å²) >= 11 is 3.05. The van der Waals surface area contributed by atoms with Crippen LogP contribution in [0.1, 0.15) is 15.9 Å². The van der Waals surface area contributed by atoms with Gasteiger partial charge >= 0.3 is 12.1 Å². The number of fused-ring (bicyclic) bond motifs is 1. The van der Waals surface area contributed by atoms with Gasteiger partial charge in [0, 0.05) is 11.9 Å². The number of carboxylic acid groups (broad SMARTS) is 1. The number of carbonyl (C=O) groups is 2. The summed E-state index contributed by atoms with van der Waals surface area (Å²) in [6.45, 7) is 2.00. The molecule has 0 aliphatic heterocycles. The van der Waals surface area contributed by atoms with Crippen molar-refractivity contribution in [2.75, 3.05) is 11.6 Å². The van der Waals surface area contributed by atoms with Crippen molar-refractivity contribution in [3.05, 3.63) is 41.6 Å². The van der Waals surface area contributed by atoms with E-state index in [0.29, 0.717) is 16.8 Å². The number of para-hydroxylation sites is 1. The predicted molar refractivity (Wildman–Crippen MR) is 106 cm³/mol. The molecule has 29 heavy (non-hydrogen) atoms. The second-order valence-electron chi connectivity index (χ2n) is 5.49. The molecule has 4 N–H and O–H groups in total. The molecule has 1 amide bonds. The lowest BCUT2D eigenvalue weighted by atomic mass is 10.1. The van der Waals surface area contributed by atoms with Crippen LogP contribution in [0.3, 0.4) is 0 Å². The van der Waals surface area contributed by atoms with E-state index in [1.54, 1.807) is 11.8 Å². The van der Waals surface area contributed by atoms with Crippen molar-refractivity contribution >= 4 is 56.7 Å². The van der Waals surface area contributed by atoms with Crippen molar-refractivity contribution in [2.45, 2.75) is 17.4 Å². The number of anilines is 2. The summed E-state index contributed by atoms with van der Waals surface area (Å²) in [4.78, 5) is 30.3. The monoisotopic (exact) mass is 444 g/mol. The molecule has 0 aliphatic carbocycles. The second kappa shape index (κ2) is 9.09.